The van der Waals surface area contributed by atoms with E-state index in [4.69, 9.17) is 19.4 Å². The number of ether oxygens (including phenoxy) is 2. The zero-order valence-corrected chi connectivity index (χ0v) is 36.1. The Balaban J connectivity index is 0.000000168. The molecule has 58 heavy (non-hydrogen) atoms. The van der Waals surface area contributed by atoms with Crippen LogP contribution in [0.1, 0.15) is 126 Å². The van der Waals surface area contributed by atoms with Crippen molar-refractivity contribution in [1.29, 1.82) is 0 Å². The summed E-state index contributed by atoms with van der Waals surface area (Å²) < 4.78 is 45.5. The number of fused-ring (bicyclic) bond motifs is 2. The molecule has 4 aliphatic rings. The van der Waals surface area contributed by atoms with Crippen LogP contribution in [0.2, 0.25) is 0 Å². The lowest BCUT2D eigenvalue weighted by molar-refractivity contribution is -0.123. The molecule has 2 aliphatic carbocycles. The summed E-state index contributed by atoms with van der Waals surface area (Å²) in [7, 11) is 3.56. The number of rotatable bonds is 7. The summed E-state index contributed by atoms with van der Waals surface area (Å²) in [5.41, 5.74) is 4.41. The predicted molar refractivity (Wildman–Crippen MR) is 227 cm³/mol. The molecular formula is C44H50Br2F2N6O4. The minimum absolute atomic E-state index is 0.0209. The summed E-state index contributed by atoms with van der Waals surface area (Å²) in [6.45, 7) is 0. The molecule has 2 saturated carbocycles. The lowest BCUT2D eigenvalue weighted by atomic mass is 9.92. The van der Waals surface area contributed by atoms with Crippen LogP contribution in [0.3, 0.4) is 0 Å². The van der Waals surface area contributed by atoms with Gasteiger partial charge in [0.05, 0.1) is 46.4 Å². The fraction of sp³-hybridized carbons (Fsp3) is 0.500. The molecule has 14 heteroatoms. The Hall–Kier alpha value is -3.72. The predicted octanol–water partition coefficient (Wildman–Crippen LogP) is 10.7. The van der Waals surface area contributed by atoms with Crippen LogP contribution in [0.15, 0.2) is 63.5 Å². The third kappa shape index (κ3) is 8.49. The summed E-state index contributed by atoms with van der Waals surface area (Å²) in [6.07, 6.45) is 13.2. The molecule has 2 saturated heterocycles. The maximum atomic E-state index is 14.1. The Bertz CT molecular complexity index is 2280. The maximum Gasteiger partial charge on any atom is 0.227 e. The zero-order valence-electron chi connectivity index (χ0n) is 32.9. The van der Waals surface area contributed by atoms with Crippen molar-refractivity contribution in [3.63, 3.8) is 0 Å². The first kappa shape index (κ1) is 41.0. The number of anilines is 1. The van der Waals surface area contributed by atoms with Crippen LogP contribution in [0.4, 0.5) is 14.5 Å². The molecule has 4 fully saturated rings. The van der Waals surface area contributed by atoms with E-state index in [1.807, 2.05) is 12.1 Å². The molecule has 308 valence electrons. The molecule has 9 rings (SSSR count). The summed E-state index contributed by atoms with van der Waals surface area (Å²) in [5.74, 6) is -0.0188. The summed E-state index contributed by atoms with van der Waals surface area (Å²) >= 11 is 7.09. The molecule has 4 heterocycles. The van der Waals surface area contributed by atoms with Gasteiger partial charge in [-0.15, -0.1) is 0 Å². The molecule has 2 aliphatic heterocycles. The highest BCUT2D eigenvalue weighted by Gasteiger charge is 2.37. The van der Waals surface area contributed by atoms with Crippen molar-refractivity contribution in [2.75, 3.05) is 19.1 Å². The SMILES string of the molecule is COC1CCC(n2c(C3CCCC(=O)N3)nc3cc(Br)ccc32)CC1.COC1CCC(n2c(C3CCCC(=O)N3c3ccc(F)c(F)c3)nc3cc(Br)ccc32)CC1. The molecule has 2 aromatic heterocycles. The topological polar surface area (TPSA) is 104 Å². The lowest BCUT2D eigenvalue weighted by Gasteiger charge is -2.37. The van der Waals surface area contributed by atoms with Gasteiger partial charge in [0.2, 0.25) is 11.8 Å². The van der Waals surface area contributed by atoms with Crippen molar-refractivity contribution in [2.24, 2.45) is 0 Å². The lowest BCUT2D eigenvalue weighted by Crippen LogP contribution is -2.40. The number of amides is 2. The van der Waals surface area contributed by atoms with Crippen LogP contribution in [0.25, 0.3) is 22.1 Å². The van der Waals surface area contributed by atoms with Gasteiger partial charge >= 0.3 is 0 Å². The summed E-state index contributed by atoms with van der Waals surface area (Å²) in [6, 6.07) is 16.3. The van der Waals surface area contributed by atoms with Gasteiger partial charge in [-0.05, 0) is 126 Å². The van der Waals surface area contributed by atoms with Gasteiger partial charge in [-0.25, -0.2) is 18.7 Å². The second-order valence-electron chi connectivity index (χ2n) is 16.1. The number of nitrogens with one attached hydrogen (secondary N) is 1. The van der Waals surface area contributed by atoms with Crippen molar-refractivity contribution in [3.8, 4) is 0 Å². The van der Waals surface area contributed by atoms with Gasteiger partial charge in [-0.1, -0.05) is 31.9 Å². The second kappa shape index (κ2) is 17.9. The van der Waals surface area contributed by atoms with Gasteiger partial charge in [0.25, 0.3) is 0 Å². The first-order chi connectivity index (χ1) is 28.1. The highest BCUT2D eigenvalue weighted by atomic mass is 79.9. The van der Waals surface area contributed by atoms with E-state index in [1.165, 1.54) is 11.6 Å². The fourth-order valence-corrected chi connectivity index (χ4v) is 10.3. The number of hydrogen-bond donors (Lipinski definition) is 1. The molecular weight excluding hydrogens is 874 g/mol. The number of imidazole rings is 2. The molecule has 2 amide bonds. The van der Waals surface area contributed by atoms with E-state index in [2.05, 4.69) is 70.6 Å². The monoisotopic (exact) mass is 922 g/mol. The number of aromatic nitrogens is 4. The van der Waals surface area contributed by atoms with E-state index in [-0.39, 0.29) is 36.0 Å². The molecule has 5 aromatic rings. The Labute approximate surface area is 354 Å². The number of hydrogen-bond acceptors (Lipinski definition) is 6. The Morgan fingerprint density at radius 1 is 0.655 bits per heavy atom. The van der Waals surface area contributed by atoms with Crippen molar-refractivity contribution >= 4 is 71.4 Å². The number of carbonyl (C=O) groups excluding carboxylic acids is 2. The standard InChI is InChI=1S/C25H26BrF2N3O2.C19H24BrN3O2/c1-33-18-9-6-16(7-10-18)31-22-12-5-15(26)13-21(22)29-25(31)23-3-2-4-24(32)30(23)17-8-11-19(27)20(28)14-17;1-25-14-8-6-13(7-9-14)23-17-10-5-12(20)11-16(17)22-19(23)15-3-2-4-18(24)21-15/h5,8,11-14,16,18,23H,2-4,6-7,9-10H2,1H3;5,10-11,13-15H,2-4,6-9H2,1H3,(H,21,24). The number of carbonyl (C=O) groups is 2. The van der Waals surface area contributed by atoms with Gasteiger partial charge in [0.1, 0.15) is 11.6 Å². The van der Waals surface area contributed by atoms with Crippen LogP contribution >= 0.6 is 31.9 Å². The first-order valence-electron chi connectivity index (χ1n) is 20.6. The molecule has 0 spiro atoms. The third-order valence-electron chi connectivity index (χ3n) is 12.5. The van der Waals surface area contributed by atoms with Gasteiger partial charge in [0.15, 0.2) is 11.6 Å². The highest BCUT2D eigenvalue weighted by Crippen LogP contribution is 2.42. The Morgan fingerprint density at radius 2 is 1.21 bits per heavy atom. The summed E-state index contributed by atoms with van der Waals surface area (Å²) in [5, 5.41) is 3.15. The quantitative estimate of drug-likeness (QED) is 0.174. The van der Waals surface area contributed by atoms with Crippen LogP contribution in [-0.2, 0) is 19.1 Å². The van der Waals surface area contributed by atoms with E-state index in [0.29, 0.717) is 37.1 Å². The molecule has 1 N–H and O–H groups in total. The second-order valence-corrected chi connectivity index (χ2v) is 17.9. The number of methoxy groups -OCH3 is 2. The molecule has 0 radical (unpaired) electrons. The van der Waals surface area contributed by atoms with E-state index in [9.17, 15) is 18.4 Å². The molecule has 0 bridgehead atoms. The number of benzene rings is 3. The van der Waals surface area contributed by atoms with Crippen molar-refractivity contribution in [3.05, 3.63) is 86.8 Å². The Kier molecular flexibility index (Phi) is 12.6. The minimum atomic E-state index is -0.958. The fourth-order valence-electron chi connectivity index (χ4n) is 9.58. The maximum absolute atomic E-state index is 14.1. The molecule has 10 nitrogen and oxygen atoms in total. The average Bonchev–Trinajstić information content (AvgIpc) is 3.80. The van der Waals surface area contributed by atoms with Gasteiger partial charge < -0.3 is 28.8 Å². The highest BCUT2D eigenvalue weighted by molar-refractivity contribution is 9.10. The minimum Gasteiger partial charge on any atom is -0.381 e. The molecule has 2 unspecified atom stereocenters. The summed E-state index contributed by atoms with van der Waals surface area (Å²) in [4.78, 5) is 36.5. The zero-order chi connectivity index (χ0) is 40.5. The van der Waals surface area contributed by atoms with Crippen molar-refractivity contribution in [2.45, 2.75) is 126 Å². The molecule has 3 aromatic carbocycles. The number of halogens is 4. The third-order valence-corrected chi connectivity index (χ3v) is 13.5. The van der Waals surface area contributed by atoms with Crippen molar-refractivity contribution in [1.82, 2.24) is 24.4 Å². The average molecular weight is 925 g/mol. The van der Waals surface area contributed by atoms with Crippen LogP contribution in [0.5, 0.6) is 0 Å². The first-order valence-corrected chi connectivity index (χ1v) is 22.2. The van der Waals surface area contributed by atoms with Gasteiger partial charge in [-0.2, -0.15) is 0 Å². The van der Waals surface area contributed by atoms with Crippen LogP contribution in [-0.4, -0.2) is 57.3 Å². The number of nitrogens with zero attached hydrogens (tertiary/aromatic N) is 5. The van der Waals surface area contributed by atoms with Gasteiger partial charge in [0, 0.05) is 59.8 Å². The smallest absolute Gasteiger partial charge is 0.227 e. The Morgan fingerprint density at radius 3 is 1.76 bits per heavy atom. The molecule has 2 atom stereocenters. The van der Waals surface area contributed by atoms with E-state index >= 15 is 0 Å². The van der Waals surface area contributed by atoms with Crippen LogP contribution in [0, 0.1) is 11.6 Å². The van der Waals surface area contributed by atoms with E-state index in [0.717, 1.165) is 120 Å². The van der Waals surface area contributed by atoms with Crippen molar-refractivity contribution < 1.29 is 27.8 Å². The van der Waals surface area contributed by atoms with Gasteiger partial charge in [-0.3, -0.25) is 9.59 Å². The van der Waals surface area contributed by atoms with Crippen LogP contribution < -0.4 is 10.2 Å². The largest absolute Gasteiger partial charge is 0.381 e. The van der Waals surface area contributed by atoms with E-state index in [1.54, 1.807) is 19.1 Å². The number of piperidine rings is 2. The van der Waals surface area contributed by atoms with E-state index < -0.39 is 11.6 Å². The normalized spacial score (nSPS) is 25.4.